The average molecular weight is 231 g/mol. The molecule has 0 aliphatic heterocycles. The topological polar surface area (TPSA) is 92.8 Å². The first-order valence-electron chi connectivity index (χ1n) is 4.48. The number of benzene rings is 1. The number of hydrogen-bond donors (Lipinski definition) is 3. The maximum atomic E-state index is 10.9. The Morgan fingerprint density at radius 1 is 1.33 bits per heavy atom. The van der Waals surface area contributed by atoms with Crippen molar-refractivity contribution in [3.63, 3.8) is 0 Å². The molecule has 15 heavy (non-hydrogen) atoms. The summed E-state index contributed by atoms with van der Waals surface area (Å²) in [5.74, 6) is 3.61. The van der Waals surface area contributed by atoms with E-state index in [1.54, 1.807) is 0 Å². The zero-order chi connectivity index (χ0) is 11.3. The number of aryl methyl sites for hydroxylation is 1. The van der Waals surface area contributed by atoms with Crippen LogP contribution in [-0.4, -0.2) is 15.6 Å². The summed E-state index contributed by atoms with van der Waals surface area (Å²) in [5, 5.41) is 0. The van der Waals surface area contributed by atoms with E-state index >= 15 is 0 Å². The van der Waals surface area contributed by atoms with Crippen LogP contribution in [-0.2, 0) is 15.8 Å². The van der Waals surface area contributed by atoms with Crippen LogP contribution in [0.2, 0.25) is 0 Å². The Hall–Kier alpha value is -0.710. The van der Waals surface area contributed by atoms with E-state index < -0.39 is 13.4 Å². The van der Waals surface area contributed by atoms with E-state index in [0.29, 0.717) is 6.42 Å². The van der Waals surface area contributed by atoms with Gasteiger partial charge in [0.25, 0.3) is 0 Å². The minimum atomic E-state index is -4.26. The van der Waals surface area contributed by atoms with Gasteiger partial charge in [0.2, 0.25) is 0 Å². The molecule has 0 fully saturated rings. The Morgan fingerprint density at radius 2 is 1.93 bits per heavy atom. The van der Waals surface area contributed by atoms with E-state index in [0.717, 1.165) is 5.56 Å². The van der Waals surface area contributed by atoms with E-state index in [4.69, 9.17) is 15.7 Å². The maximum absolute atomic E-state index is 10.9. The second-order valence-electron chi connectivity index (χ2n) is 3.20. The van der Waals surface area contributed by atoms with Gasteiger partial charge in [-0.3, -0.25) is 9.40 Å². The minimum absolute atomic E-state index is 0.199. The SMILES string of the molecule is NO[C@@H](CCc1ccccc1)P(=O)(O)O. The van der Waals surface area contributed by atoms with Gasteiger partial charge < -0.3 is 9.79 Å². The molecule has 0 radical (unpaired) electrons. The van der Waals surface area contributed by atoms with Crippen LogP contribution in [0.5, 0.6) is 0 Å². The van der Waals surface area contributed by atoms with Crippen LogP contribution in [0.15, 0.2) is 30.3 Å². The van der Waals surface area contributed by atoms with Crippen molar-refractivity contribution < 1.29 is 19.2 Å². The van der Waals surface area contributed by atoms with E-state index in [1.165, 1.54) is 0 Å². The van der Waals surface area contributed by atoms with Crippen LogP contribution in [0.3, 0.4) is 0 Å². The third-order valence-corrected chi connectivity index (χ3v) is 3.19. The first-order chi connectivity index (χ1) is 7.04. The number of rotatable bonds is 5. The zero-order valence-corrected chi connectivity index (χ0v) is 9.01. The number of nitrogens with two attached hydrogens (primary N) is 1. The quantitative estimate of drug-likeness (QED) is 0.519. The van der Waals surface area contributed by atoms with E-state index in [9.17, 15) is 4.57 Å². The van der Waals surface area contributed by atoms with Gasteiger partial charge in [0.1, 0.15) is 0 Å². The van der Waals surface area contributed by atoms with Gasteiger partial charge in [0.05, 0.1) is 0 Å². The lowest BCUT2D eigenvalue weighted by Crippen LogP contribution is -2.18. The molecule has 0 heterocycles. The van der Waals surface area contributed by atoms with Gasteiger partial charge in [-0.25, -0.2) is 5.90 Å². The van der Waals surface area contributed by atoms with Crippen molar-refractivity contribution in [2.45, 2.75) is 18.7 Å². The summed E-state index contributed by atoms with van der Waals surface area (Å²) in [6.07, 6.45) is 0.721. The minimum Gasteiger partial charge on any atom is -0.323 e. The third kappa shape index (κ3) is 4.11. The molecule has 1 rings (SSSR count). The second-order valence-corrected chi connectivity index (χ2v) is 4.96. The Balaban J connectivity index is 2.53. The van der Waals surface area contributed by atoms with Crippen molar-refractivity contribution >= 4 is 7.60 Å². The first-order valence-corrected chi connectivity index (χ1v) is 6.17. The largest absolute Gasteiger partial charge is 0.356 e. The van der Waals surface area contributed by atoms with Gasteiger partial charge >= 0.3 is 7.60 Å². The molecule has 0 bridgehead atoms. The Bertz CT molecular complexity index is 337. The maximum Gasteiger partial charge on any atom is 0.356 e. The normalized spacial score (nSPS) is 13.8. The fourth-order valence-corrected chi connectivity index (χ4v) is 1.87. The van der Waals surface area contributed by atoms with Crippen molar-refractivity contribution in [3.8, 4) is 0 Å². The lowest BCUT2D eigenvalue weighted by molar-refractivity contribution is 0.0816. The summed E-state index contributed by atoms with van der Waals surface area (Å²) < 4.78 is 10.9. The van der Waals surface area contributed by atoms with Crippen LogP contribution in [0, 0.1) is 0 Å². The van der Waals surface area contributed by atoms with Crippen LogP contribution >= 0.6 is 7.60 Å². The standard InChI is InChI=1S/C9H14NO4P/c10-14-9(15(11,12)13)7-6-8-4-2-1-3-5-8/h1-5,9H,6-7,10H2,(H2,11,12,13)/t9-/m1/s1. The molecule has 0 amide bonds. The molecule has 0 saturated carbocycles. The molecule has 0 saturated heterocycles. The highest BCUT2D eigenvalue weighted by molar-refractivity contribution is 7.52. The molecule has 5 nitrogen and oxygen atoms in total. The monoisotopic (exact) mass is 231 g/mol. The summed E-state index contributed by atoms with van der Waals surface area (Å²) in [4.78, 5) is 22.0. The Labute approximate surface area is 88.0 Å². The second kappa shape index (κ2) is 5.39. The molecule has 0 aliphatic rings. The van der Waals surface area contributed by atoms with E-state index in [1.807, 2.05) is 30.3 Å². The first kappa shape index (κ1) is 12.4. The highest BCUT2D eigenvalue weighted by Crippen LogP contribution is 2.43. The van der Waals surface area contributed by atoms with Crippen molar-refractivity contribution in [1.82, 2.24) is 0 Å². The van der Waals surface area contributed by atoms with Gasteiger partial charge in [-0.05, 0) is 18.4 Å². The van der Waals surface area contributed by atoms with Gasteiger partial charge in [0, 0.05) is 0 Å². The highest BCUT2D eigenvalue weighted by atomic mass is 31.2. The highest BCUT2D eigenvalue weighted by Gasteiger charge is 2.28. The van der Waals surface area contributed by atoms with Gasteiger partial charge in [-0.15, -0.1) is 0 Å². The summed E-state index contributed by atoms with van der Waals surface area (Å²) in [6.45, 7) is 0. The van der Waals surface area contributed by atoms with Crippen molar-refractivity contribution in [3.05, 3.63) is 35.9 Å². The fourth-order valence-electron chi connectivity index (χ4n) is 1.25. The van der Waals surface area contributed by atoms with E-state index in [2.05, 4.69) is 4.84 Å². The van der Waals surface area contributed by atoms with Crippen molar-refractivity contribution in [2.24, 2.45) is 5.90 Å². The van der Waals surface area contributed by atoms with Crippen LogP contribution in [0.1, 0.15) is 12.0 Å². The molecule has 1 atom stereocenters. The molecular formula is C9H14NO4P. The summed E-state index contributed by atoms with van der Waals surface area (Å²) in [6, 6.07) is 9.38. The van der Waals surface area contributed by atoms with Gasteiger partial charge in [-0.2, -0.15) is 0 Å². The summed E-state index contributed by atoms with van der Waals surface area (Å²) in [7, 11) is -4.26. The molecule has 84 valence electrons. The summed E-state index contributed by atoms with van der Waals surface area (Å²) >= 11 is 0. The molecule has 0 unspecified atom stereocenters. The third-order valence-electron chi connectivity index (χ3n) is 2.06. The van der Waals surface area contributed by atoms with Crippen molar-refractivity contribution in [1.29, 1.82) is 0 Å². The lowest BCUT2D eigenvalue weighted by atomic mass is 10.1. The predicted octanol–water partition coefficient (Wildman–Crippen LogP) is 1.01. The molecule has 4 N–H and O–H groups in total. The van der Waals surface area contributed by atoms with Crippen LogP contribution in [0.4, 0.5) is 0 Å². The molecular weight excluding hydrogens is 217 g/mol. The predicted molar refractivity (Wildman–Crippen MR) is 55.9 cm³/mol. The van der Waals surface area contributed by atoms with Crippen molar-refractivity contribution in [2.75, 3.05) is 0 Å². The summed E-state index contributed by atoms with van der Waals surface area (Å²) in [5.41, 5.74) is 0.994. The smallest absolute Gasteiger partial charge is 0.323 e. The molecule has 6 heteroatoms. The Kier molecular flexibility index (Phi) is 4.45. The fraction of sp³-hybridized carbons (Fsp3) is 0.333. The molecule has 0 spiro atoms. The number of hydrogen-bond acceptors (Lipinski definition) is 3. The van der Waals surface area contributed by atoms with Gasteiger partial charge in [-0.1, -0.05) is 30.3 Å². The zero-order valence-electron chi connectivity index (χ0n) is 8.11. The lowest BCUT2D eigenvalue weighted by Gasteiger charge is -2.15. The average Bonchev–Trinajstić information content (AvgIpc) is 2.18. The molecule has 0 aromatic heterocycles. The van der Waals surface area contributed by atoms with Crippen LogP contribution in [0.25, 0.3) is 0 Å². The van der Waals surface area contributed by atoms with Gasteiger partial charge in [0.15, 0.2) is 5.85 Å². The molecule has 1 aromatic carbocycles. The van der Waals surface area contributed by atoms with E-state index in [-0.39, 0.29) is 6.42 Å². The molecule has 1 aromatic rings. The Morgan fingerprint density at radius 3 is 2.40 bits per heavy atom. The van der Waals surface area contributed by atoms with Crippen LogP contribution < -0.4 is 5.90 Å². The molecule has 0 aliphatic carbocycles.